The highest BCUT2D eigenvalue weighted by Gasteiger charge is 2.10. The Morgan fingerprint density at radius 2 is 2.19 bits per heavy atom. The lowest BCUT2D eigenvalue weighted by Gasteiger charge is -2.04. The second kappa shape index (κ2) is 4.06. The van der Waals surface area contributed by atoms with Crippen molar-refractivity contribution in [3.63, 3.8) is 0 Å². The molecule has 0 saturated carbocycles. The lowest BCUT2D eigenvalue weighted by atomic mass is 10.2. The molecule has 5 heteroatoms. The van der Waals surface area contributed by atoms with Gasteiger partial charge in [0, 0.05) is 18.1 Å². The number of carboxylic acid groups (broad SMARTS) is 1. The number of carboxylic acids is 1. The third-order valence-corrected chi connectivity index (χ3v) is 2.70. The summed E-state index contributed by atoms with van der Waals surface area (Å²) >= 11 is 5.99. The minimum atomic E-state index is -0.881. The summed E-state index contributed by atoms with van der Waals surface area (Å²) in [5.74, 6) is -0.775. The van der Waals surface area contributed by atoms with Crippen molar-refractivity contribution in [1.82, 2.24) is 4.57 Å². The predicted molar refractivity (Wildman–Crippen MR) is 60.9 cm³/mol. The fourth-order valence-corrected chi connectivity index (χ4v) is 1.96. The molecule has 2 aromatic rings. The van der Waals surface area contributed by atoms with Crippen LogP contribution in [-0.4, -0.2) is 20.7 Å². The van der Waals surface area contributed by atoms with Gasteiger partial charge >= 0.3 is 5.97 Å². The van der Waals surface area contributed by atoms with Crippen LogP contribution in [0, 0.1) is 0 Å². The summed E-state index contributed by atoms with van der Waals surface area (Å²) in [4.78, 5) is 10.5. The van der Waals surface area contributed by atoms with Gasteiger partial charge in [0.15, 0.2) is 0 Å². The summed E-state index contributed by atoms with van der Waals surface area (Å²) in [6.45, 7) is 0.288. The van der Waals surface area contributed by atoms with E-state index >= 15 is 0 Å². The number of carbonyl (C=O) groups is 1. The Morgan fingerprint density at radius 1 is 1.44 bits per heavy atom. The lowest BCUT2D eigenvalue weighted by Crippen LogP contribution is -2.03. The van der Waals surface area contributed by atoms with Crippen LogP contribution in [0.25, 0.3) is 10.9 Å². The van der Waals surface area contributed by atoms with Crippen molar-refractivity contribution in [3.8, 4) is 5.75 Å². The zero-order valence-electron chi connectivity index (χ0n) is 8.35. The van der Waals surface area contributed by atoms with Crippen LogP contribution in [0.1, 0.15) is 6.42 Å². The van der Waals surface area contributed by atoms with Crippen molar-refractivity contribution in [2.45, 2.75) is 13.0 Å². The van der Waals surface area contributed by atoms with E-state index in [0.717, 1.165) is 5.39 Å². The first-order chi connectivity index (χ1) is 7.59. The Balaban J connectivity index is 2.49. The van der Waals surface area contributed by atoms with Crippen molar-refractivity contribution in [2.24, 2.45) is 0 Å². The van der Waals surface area contributed by atoms with E-state index in [-0.39, 0.29) is 18.7 Å². The number of halogens is 1. The number of rotatable bonds is 3. The van der Waals surface area contributed by atoms with E-state index in [0.29, 0.717) is 10.5 Å². The third kappa shape index (κ3) is 1.84. The molecule has 0 bridgehead atoms. The van der Waals surface area contributed by atoms with E-state index in [1.165, 1.54) is 0 Å². The molecule has 0 aliphatic rings. The second-order valence-corrected chi connectivity index (χ2v) is 3.89. The number of phenols is 1. The maximum atomic E-state index is 10.5. The second-order valence-electron chi connectivity index (χ2n) is 3.49. The molecule has 0 radical (unpaired) electrons. The van der Waals surface area contributed by atoms with Gasteiger partial charge in [0.05, 0.1) is 17.0 Å². The number of hydrogen-bond acceptors (Lipinski definition) is 2. The monoisotopic (exact) mass is 239 g/mol. The van der Waals surface area contributed by atoms with Crippen LogP contribution in [0.15, 0.2) is 24.4 Å². The number of nitrogens with zero attached hydrogens (tertiary/aromatic N) is 1. The Morgan fingerprint density at radius 3 is 2.88 bits per heavy atom. The fraction of sp³-hybridized carbons (Fsp3) is 0.182. The SMILES string of the molecule is O=C(O)CCn1cc(Cl)c2cccc(O)c21. The van der Waals surface area contributed by atoms with Crippen molar-refractivity contribution in [1.29, 1.82) is 0 Å². The number of para-hydroxylation sites is 1. The van der Waals surface area contributed by atoms with E-state index in [1.807, 2.05) is 0 Å². The maximum absolute atomic E-state index is 10.5. The van der Waals surface area contributed by atoms with Crippen LogP contribution in [0.5, 0.6) is 5.75 Å². The molecule has 0 aliphatic carbocycles. The van der Waals surface area contributed by atoms with Gasteiger partial charge in [-0.1, -0.05) is 23.7 Å². The molecule has 0 atom stereocenters. The zero-order chi connectivity index (χ0) is 11.7. The van der Waals surface area contributed by atoms with Crippen LogP contribution >= 0.6 is 11.6 Å². The van der Waals surface area contributed by atoms with Gasteiger partial charge in [-0.25, -0.2) is 0 Å². The van der Waals surface area contributed by atoms with Gasteiger partial charge < -0.3 is 14.8 Å². The molecule has 1 heterocycles. The zero-order valence-corrected chi connectivity index (χ0v) is 9.11. The van der Waals surface area contributed by atoms with Gasteiger partial charge in [-0.05, 0) is 6.07 Å². The van der Waals surface area contributed by atoms with E-state index in [4.69, 9.17) is 16.7 Å². The third-order valence-electron chi connectivity index (χ3n) is 2.39. The van der Waals surface area contributed by atoms with Gasteiger partial charge in [-0.2, -0.15) is 0 Å². The Hall–Kier alpha value is -1.68. The van der Waals surface area contributed by atoms with Gasteiger partial charge in [0.1, 0.15) is 5.75 Å². The van der Waals surface area contributed by atoms with Gasteiger partial charge in [0.2, 0.25) is 0 Å². The first kappa shape index (κ1) is 10.8. The first-order valence-electron chi connectivity index (χ1n) is 4.77. The van der Waals surface area contributed by atoms with Gasteiger partial charge in [0.25, 0.3) is 0 Å². The Labute approximate surface area is 96.7 Å². The summed E-state index contributed by atoms with van der Waals surface area (Å²) in [5, 5.41) is 19.6. The number of hydrogen-bond donors (Lipinski definition) is 2. The van der Waals surface area contributed by atoms with Crippen molar-refractivity contribution >= 4 is 28.5 Å². The Kier molecular flexibility index (Phi) is 2.75. The fourth-order valence-electron chi connectivity index (χ4n) is 1.69. The molecule has 0 aliphatic heterocycles. The van der Waals surface area contributed by atoms with Gasteiger partial charge in [-0.3, -0.25) is 4.79 Å². The number of aromatic nitrogens is 1. The van der Waals surface area contributed by atoms with Crippen molar-refractivity contribution in [2.75, 3.05) is 0 Å². The van der Waals surface area contributed by atoms with E-state index in [1.54, 1.807) is 29.0 Å². The molecule has 0 saturated heterocycles. The molecular weight excluding hydrogens is 230 g/mol. The molecular formula is C11H10ClNO3. The van der Waals surface area contributed by atoms with Crippen LogP contribution in [0.2, 0.25) is 5.02 Å². The molecule has 16 heavy (non-hydrogen) atoms. The van der Waals surface area contributed by atoms with Crippen molar-refractivity contribution in [3.05, 3.63) is 29.4 Å². The molecule has 0 amide bonds. The summed E-state index contributed by atoms with van der Waals surface area (Å²) < 4.78 is 1.65. The molecule has 4 nitrogen and oxygen atoms in total. The number of aliphatic carboxylic acids is 1. The number of aryl methyl sites for hydroxylation is 1. The predicted octanol–water partition coefficient (Wildman–Crippen LogP) is 2.48. The highest BCUT2D eigenvalue weighted by atomic mass is 35.5. The molecule has 84 valence electrons. The minimum Gasteiger partial charge on any atom is -0.506 e. The smallest absolute Gasteiger partial charge is 0.305 e. The molecule has 0 spiro atoms. The van der Waals surface area contributed by atoms with Crippen LogP contribution in [-0.2, 0) is 11.3 Å². The molecule has 0 fully saturated rings. The van der Waals surface area contributed by atoms with Crippen LogP contribution < -0.4 is 0 Å². The standard InChI is InChI=1S/C11H10ClNO3/c12-8-6-13(5-4-10(15)16)11-7(8)2-1-3-9(11)14/h1-3,6,14H,4-5H2,(H,15,16). The summed E-state index contributed by atoms with van der Waals surface area (Å²) in [5.41, 5.74) is 0.578. The molecule has 1 aromatic carbocycles. The molecule has 1 aromatic heterocycles. The Bertz CT molecular complexity index is 547. The number of fused-ring (bicyclic) bond motifs is 1. The van der Waals surface area contributed by atoms with E-state index < -0.39 is 5.97 Å². The van der Waals surface area contributed by atoms with Crippen LogP contribution in [0.3, 0.4) is 0 Å². The number of phenolic OH excluding ortho intramolecular Hbond substituents is 1. The average Bonchev–Trinajstić information content (AvgIpc) is 2.55. The maximum Gasteiger partial charge on any atom is 0.305 e. The quantitative estimate of drug-likeness (QED) is 0.865. The lowest BCUT2D eigenvalue weighted by molar-refractivity contribution is -0.137. The summed E-state index contributed by atoms with van der Waals surface area (Å²) in [6.07, 6.45) is 1.63. The summed E-state index contributed by atoms with van der Waals surface area (Å²) in [7, 11) is 0. The molecule has 2 N–H and O–H groups in total. The van der Waals surface area contributed by atoms with Crippen molar-refractivity contribution < 1.29 is 15.0 Å². The minimum absolute atomic E-state index is 0.00551. The van der Waals surface area contributed by atoms with Crippen LogP contribution in [0.4, 0.5) is 0 Å². The normalized spacial score (nSPS) is 10.8. The summed E-state index contributed by atoms with van der Waals surface area (Å²) in [6, 6.07) is 5.04. The highest BCUT2D eigenvalue weighted by molar-refractivity contribution is 6.35. The van der Waals surface area contributed by atoms with E-state index in [9.17, 15) is 9.90 Å². The van der Waals surface area contributed by atoms with E-state index in [2.05, 4.69) is 0 Å². The van der Waals surface area contributed by atoms with Gasteiger partial charge in [-0.15, -0.1) is 0 Å². The number of aromatic hydroxyl groups is 1. The average molecular weight is 240 g/mol. The highest BCUT2D eigenvalue weighted by Crippen LogP contribution is 2.31. The first-order valence-corrected chi connectivity index (χ1v) is 5.15. The molecule has 2 rings (SSSR count). The topological polar surface area (TPSA) is 62.5 Å². The largest absolute Gasteiger partial charge is 0.506 e. The molecule has 0 unspecified atom stereocenters. The number of benzene rings is 1.